The molecule has 1 aromatic heterocycles. The molecule has 1 unspecified atom stereocenters. The molecule has 0 radical (unpaired) electrons. The molecular formula is C29H31FN3O6S+. The lowest BCUT2D eigenvalue weighted by atomic mass is 10.00. The molecule has 1 atom stereocenters. The summed E-state index contributed by atoms with van der Waals surface area (Å²) in [7, 11) is -2.17. The highest BCUT2D eigenvalue weighted by atomic mass is 32.2. The van der Waals surface area contributed by atoms with E-state index in [0.717, 1.165) is 24.7 Å². The Bertz CT molecular complexity index is 1650. The van der Waals surface area contributed by atoms with Gasteiger partial charge in [0, 0.05) is 24.1 Å². The zero-order chi connectivity index (χ0) is 28.6. The molecule has 0 spiro atoms. The van der Waals surface area contributed by atoms with Gasteiger partial charge < -0.3 is 25.3 Å². The van der Waals surface area contributed by atoms with E-state index in [-0.39, 0.29) is 30.8 Å². The monoisotopic (exact) mass is 568 g/mol. The first-order chi connectivity index (χ1) is 19.1. The van der Waals surface area contributed by atoms with Crippen LogP contribution in [0.3, 0.4) is 0 Å². The topological polar surface area (TPSA) is 137 Å². The summed E-state index contributed by atoms with van der Waals surface area (Å²) in [5, 5.41) is 12.8. The number of sulfonamides is 1. The second-order valence-electron chi connectivity index (χ2n) is 9.99. The Hall–Kier alpha value is -3.93. The van der Waals surface area contributed by atoms with Crippen molar-refractivity contribution in [2.45, 2.75) is 24.8 Å². The summed E-state index contributed by atoms with van der Waals surface area (Å²) in [4.78, 5) is 13.1. The number of ether oxygens (including phenoxy) is 1. The van der Waals surface area contributed by atoms with Gasteiger partial charge in [-0.15, -0.1) is 0 Å². The molecule has 0 aliphatic heterocycles. The van der Waals surface area contributed by atoms with Crippen LogP contribution in [0.25, 0.3) is 22.3 Å². The summed E-state index contributed by atoms with van der Waals surface area (Å²) >= 11 is 0. The van der Waals surface area contributed by atoms with Gasteiger partial charge in [-0.2, -0.15) is 0 Å². The normalized spacial score (nSPS) is 14.2. The van der Waals surface area contributed by atoms with Gasteiger partial charge in [-0.3, -0.25) is 9.10 Å². The number of quaternary nitrogens is 1. The molecule has 11 heteroatoms. The molecule has 210 valence electrons. The molecule has 1 aliphatic carbocycles. The Labute approximate surface area is 231 Å². The van der Waals surface area contributed by atoms with Crippen LogP contribution in [0.15, 0.2) is 65.1 Å². The van der Waals surface area contributed by atoms with Crippen molar-refractivity contribution in [2.75, 3.05) is 30.8 Å². The maximum atomic E-state index is 13.2. The predicted octanol–water partition coefficient (Wildman–Crippen LogP) is 3.64. The first-order valence-electron chi connectivity index (χ1n) is 12.9. The fourth-order valence-electron chi connectivity index (χ4n) is 4.66. The third-order valence-corrected chi connectivity index (χ3v) is 7.97. The molecule has 1 fully saturated rings. The van der Waals surface area contributed by atoms with Gasteiger partial charge >= 0.3 is 0 Å². The molecule has 9 nitrogen and oxygen atoms in total. The molecule has 5 rings (SSSR count). The number of hydrogen-bond acceptors (Lipinski definition) is 6. The largest absolute Gasteiger partial charge is 0.457 e. The number of amides is 1. The van der Waals surface area contributed by atoms with Crippen molar-refractivity contribution in [3.05, 3.63) is 77.6 Å². The Balaban J connectivity index is 1.60. The number of aliphatic hydroxyl groups is 1. The number of nitrogens with one attached hydrogen (secondary N) is 1. The number of carbonyl (C=O) groups excluding carboxylic acids is 1. The van der Waals surface area contributed by atoms with Crippen molar-refractivity contribution in [1.82, 2.24) is 5.32 Å². The van der Waals surface area contributed by atoms with Crippen LogP contribution in [0.5, 0.6) is 11.5 Å². The number of benzene rings is 3. The van der Waals surface area contributed by atoms with Gasteiger partial charge in [-0.25, -0.2) is 12.8 Å². The lowest BCUT2D eigenvalue weighted by molar-refractivity contribution is -0.421. The number of nitrogens with zero attached hydrogens (tertiary/aromatic N) is 1. The molecule has 0 saturated heterocycles. The highest BCUT2D eigenvalue weighted by Crippen LogP contribution is 2.48. The van der Waals surface area contributed by atoms with Crippen molar-refractivity contribution in [2.24, 2.45) is 0 Å². The number of rotatable bonds is 10. The van der Waals surface area contributed by atoms with Crippen molar-refractivity contribution in [1.29, 1.82) is 0 Å². The van der Waals surface area contributed by atoms with Crippen LogP contribution in [-0.2, 0) is 10.0 Å². The van der Waals surface area contributed by atoms with Crippen LogP contribution >= 0.6 is 0 Å². The second kappa shape index (κ2) is 10.9. The minimum atomic E-state index is -3.70. The predicted molar refractivity (Wildman–Crippen MR) is 149 cm³/mol. The maximum Gasteiger partial charge on any atom is 0.255 e. The SMILES string of the molecule is CNC(=O)c1c(-c2ccc(Oc3ccc(F)cc3)cc2)oc2cc(N(CC([NH3+])CO)S(C)(=O)=O)c(C3CC3)cc12. The van der Waals surface area contributed by atoms with E-state index < -0.39 is 16.1 Å². The summed E-state index contributed by atoms with van der Waals surface area (Å²) < 4.78 is 52.2. The average molecular weight is 569 g/mol. The van der Waals surface area contributed by atoms with E-state index in [9.17, 15) is 22.7 Å². The lowest BCUT2D eigenvalue weighted by Crippen LogP contribution is -2.67. The highest BCUT2D eigenvalue weighted by Gasteiger charge is 2.34. The standard InChI is InChI=1S/C29H30FN3O6S/c1-32-29(35)27-24-13-23(17-3-4-17)25(33(40(2,36)37)15-20(31)16-34)14-26(24)39-28(27)18-5-9-21(10-6-18)38-22-11-7-19(30)8-12-22/h5-14,17,20,34H,3-4,15-16,31H2,1-2H3,(H,32,35)/p+1. The van der Waals surface area contributed by atoms with E-state index in [4.69, 9.17) is 9.15 Å². The smallest absolute Gasteiger partial charge is 0.255 e. The van der Waals surface area contributed by atoms with Gasteiger partial charge in [0.15, 0.2) is 0 Å². The number of halogens is 1. The first-order valence-corrected chi connectivity index (χ1v) is 14.7. The van der Waals surface area contributed by atoms with E-state index >= 15 is 0 Å². The molecule has 0 bridgehead atoms. The van der Waals surface area contributed by atoms with Crippen LogP contribution in [0.4, 0.5) is 10.1 Å². The van der Waals surface area contributed by atoms with Gasteiger partial charge in [0.25, 0.3) is 5.91 Å². The minimum Gasteiger partial charge on any atom is -0.457 e. The van der Waals surface area contributed by atoms with E-state index in [0.29, 0.717) is 45.0 Å². The van der Waals surface area contributed by atoms with Crippen molar-refractivity contribution >= 4 is 32.6 Å². The minimum absolute atomic E-state index is 0.00590. The fraction of sp³-hybridized carbons (Fsp3) is 0.276. The summed E-state index contributed by atoms with van der Waals surface area (Å²) in [6.45, 7) is -0.258. The molecule has 5 N–H and O–H groups in total. The Morgan fingerprint density at radius 3 is 2.33 bits per heavy atom. The zero-order valence-electron chi connectivity index (χ0n) is 22.2. The molecule has 1 aliphatic rings. The Morgan fingerprint density at radius 2 is 1.77 bits per heavy atom. The molecule has 3 aromatic carbocycles. The number of hydrogen-bond donors (Lipinski definition) is 3. The molecule has 40 heavy (non-hydrogen) atoms. The Morgan fingerprint density at radius 1 is 1.15 bits per heavy atom. The van der Waals surface area contributed by atoms with Crippen molar-refractivity contribution in [3.8, 4) is 22.8 Å². The Kier molecular flexibility index (Phi) is 7.54. The zero-order valence-corrected chi connectivity index (χ0v) is 23.0. The van der Waals surface area contributed by atoms with E-state index in [1.807, 2.05) is 6.07 Å². The summed E-state index contributed by atoms with van der Waals surface area (Å²) in [6.07, 6.45) is 2.93. The van der Waals surface area contributed by atoms with E-state index in [1.54, 1.807) is 30.3 Å². The molecule has 4 aromatic rings. The van der Waals surface area contributed by atoms with Crippen LogP contribution in [0.1, 0.15) is 34.7 Å². The molecule has 1 saturated carbocycles. The second-order valence-corrected chi connectivity index (χ2v) is 11.9. The maximum absolute atomic E-state index is 13.2. The number of aliphatic hydroxyl groups excluding tert-OH is 1. The highest BCUT2D eigenvalue weighted by molar-refractivity contribution is 7.92. The molecular weight excluding hydrogens is 537 g/mol. The van der Waals surface area contributed by atoms with Crippen LogP contribution in [0, 0.1) is 5.82 Å². The molecule has 1 amide bonds. The van der Waals surface area contributed by atoms with Gasteiger partial charge in [0.1, 0.15) is 34.7 Å². The lowest BCUT2D eigenvalue weighted by Gasteiger charge is -2.26. The van der Waals surface area contributed by atoms with E-state index in [2.05, 4.69) is 11.1 Å². The molecule has 1 heterocycles. The number of anilines is 1. The average Bonchev–Trinajstić information content (AvgIpc) is 3.72. The van der Waals surface area contributed by atoms with Crippen molar-refractivity contribution < 1.29 is 37.6 Å². The summed E-state index contributed by atoms with van der Waals surface area (Å²) in [5.74, 6) is 0.777. The van der Waals surface area contributed by atoms with Gasteiger partial charge in [-0.05, 0) is 78.9 Å². The van der Waals surface area contributed by atoms with Gasteiger partial charge in [0.2, 0.25) is 10.0 Å². The fourth-order valence-corrected chi connectivity index (χ4v) is 5.65. The third-order valence-electron chi connectivity index (χ3n) is 6.83. The quantitative estimate of drug-likeness (QED) is 0.267. The van der Waals surface area contributed by atoms with Gasteiger partial charge in [-0.1, -0.05) is 0 Å². The van der Waals surface area contributed by atoms with Crippen LogP contribution in [-0.4, -0.2) is 51.9 Å². The van der Waals surface area contributed by atoms with Crippen LogP contribution in [0.2, 0.25) is 0 Å². The number of furan rings is 1. The van der Waals surface area contributed by atoms with Crippen molar-refractivity contribution in [3.63, 3.8) is 0 Å². The summed E-state index contributed by atoms with van der Waals surface area (Å²) in [6, 6.07) is 15.6. The van der Waals surface area contributed by atoms with Gasteiger partial charge in [0.05, 0.1) is 30.7 Å². The number of carbonyl (C=O) groups is 1. The first kappa shape index (κ1) is 27.6. The third kappa shape index (κ3) is 5.67. The number of fused-ring (bicyclic) bond motifs is 1. The van der Waals surface area contributed by atoms with E-state index in [1.165, 1.54) is 35.6 Å². The van der Waals surface area contributed by atoms with Crippen LogP contribution < -0.4 is 20.1 Å². The summed E-state index contributed by atoms with van der Waals surface area (Å²) in [5.41, 5.74) is 6.45.